The van der Waals surface area contributed by atoms with Crippen LogP contribution in [-0.4, -0.2) is 35.9 Å². The lowest BCUT2D eigenvalue weighted by atomic mass is 10.0. The van der Waals surface area contributed by atoms with Gasteiger partial charge in [0.25, 0.3) is 0 Å². The summed E-state index contributed by atoms with van der Waals surface area (Å²) in [5.74, 6) is 0.204. The van der Waals surface area contributed by atoms with Crippen molar-refractivity contribution in [3.05, 3.63) is 12.2 Å². The van der Waals surface area contributed by atoms with Crippen molar-refractivity contribution in [2.45, 2.75) is 64.3 Å². The predicted octanol–water partition coefficient (Wildman–Crippen LogP) is 4.13. The fraction of sp³-hybridized carbons (Fsp3) is 0.812. The van der Waals surface area contributed by atoms with E-state index in [9.17, 15) is 4.79 Å². The van der Waals surface area contributed by atoms with Crippen LogP contribution in [0.4, 0.5) is 0 Å². The van der Waals surface area contributed by atoms with Crippen molar-refractivity contribution < 1.29 is 18.1 Å². The number of ketones is 1. The average Bonchev–Trinajstić information content (AvgIpc) is 2.49. The minimum absolute atomic E-state index is 0.204. The highest BCUT2D eigenvalue weighted by Crippen LogP contribution is 2.18. The Morgan fingerprint density at radius 2 is 1.29 bits per heavy atom. The van der Waals surface area contributed by atoms with Crippen LogP contribution in [0.3, 0.4) is 0 Å². The summed E-state index contributed by atoms with van der Waals surface area (Å²) >= 11 is 0. The standard InChI is InChI=1S/C16H32O4Si/c1-15(2)16(17)13-11-9-7-6-8-10-12-14-21(18-3,19-4)20-5/h1,6-14H2,2-5H3. The normalized spacial score (nSPS) is 11.6. The first-order chi connectivity index (χ1) is 10.0. The molecule has 0 unspecified atom stereocenters. The van der Waals surface area contributed by atoms with Gasteiger partial charge in [0.1, 0.15) is 0 Å². The zero-order chi connectivity index (χ0) is 16.1. The number of rotatable bonds is 14. The summed E-state index contributed by atoms with van der Waals surface area (Å²) < 4.78 is 16.2. The van der Waals surface area contributed by atoms with Gasteiger partial charge >= 0.3 is 8.80 Å². The zero-order valence-electron chi connectivity index (χ0n) is 14.2. The molecule has 124 valence electrons. The fourth-order valence-corrected chi connectivity index (χ4v) is 4.08. The molecule has 5 heteroatoms. The Bertz CT molecular complexity index is 292. The van der Waals surface area contributed by atoms with Crippen LogP contribution < -0.4 is 0 Å². The topological polar surface area (TPSA) is 44.8 Å². The molecule has 4 nitrogen and oxygen atoms in total. The Kier molecular flexibility index (Phi) is 11.8. The first-order valence-corrected chi connectivity index (χ1v) is 9.78. The van der Waals surface area contributed by atoms with Crippen molar-refractivity contribution >= 4 is 14.6 Å². The molecule has 0 radical (unpaired) electrons. The Labute approximate surface area is 131 Å². The summed E-state index contributed by atoms with van der Waals surface area (Å²) in [5, 5.41) is 0. The van der Waals surface area contributed by atoms with Gasteiger partial charge in [-0.1, -0.05) is 38.7 Å². The molecule has 0 aliphatic rings. The molecule has 0 atom stereocenters. The maximum atomic E-state index is 11.4. The molecule has 0 spiro atoms. The highest BCUT2D eigenvalue weighted by Gasteiger charge is 2.36. The van der Waals surface area contributed by atoms with Crippen molar-refractivity contribution in [1.82, 2.24) is 0 Å². The van der Waals surface area contributed by atoms with E-state index in [1.165, 1.54) is 25.7 Å². The quantitative estimate of drug-likeness (QED) is 0.274. The van der Waals surface area contributed by atoms with E-state index < -0.39 is 8.80 Å². The van der Waals surface area contributed by atoms with Crippen molar-refractivity contribution in [2.75, 3.05) is 21.3 Å². The third kappa shape index (κ3) is 9.19. The van der Waals surface area contributed by atoms with Crippen molar-refractivity contribution in [3.63, 3.8) is 0 Å². The van der Waals surface area contributed by atoms with Crippen molar-refractivity contribution in [2.24, 2.45) is 0 Å². The molecule has 0 aromatic rings. The Hall–Kier alpha value is -0.493. The molecule has 0 bridgehead atoms. The lowest BCUT2D eigenvalue weighted by Gasteiger charge is -2.24. The van der Waals surface area contributed by atoms with E-state index in [0.717, 1.165) is 25.3 Å². The van der Waals surface area contributed by atoms with Crippen LogP contribution in [0, 0.1) is 0 Å². The van der Waals surface area contributed by atoms with Gasteiger partial charge in [-0.2, -0.15) is 0 Å². The summed E-state index contributed by atoms with van der Waals surface area (Å²) in [7, 11) is 2.61. The number of allylic oxidation sites excluding steroid dienone is 1. The smallest absolute Gasteiger partial charge is 0.377 e. The molecule has 0 aliphatic heterocycles. The summed E-state index contributed by atoms with van der Waals surface area (Å²) in [6, 6.07) is 0.879. The minimum Gasteiger partial charge on any atom is -0.377 e. The monoisotopic (exact) mass is 316 g/mol. The van der Waals surface area contributed by atoms with Gasteiger partial charge in [0.15, 0.2) is 5.78 Å². The number of hydrogen-bond acceptors (Lipinski definition) is 4. The van der Waals surface area contributed by atoms with E-state index in [2.05, 4.69) is 6.58 Å². The third-order valence-electron chi connectivity index (χ3n) is 3.80. The van der Waals surface area contributed by atoms with Crippen LogP contribution >= 0.6 is 0 Å². The van der Waals surface area contributed by atoms with Crippen LogP contribution in [0.2, 0.25) is 6.04 Å². The van der Waals surface area contributed by atoms with Gasteiger partial charge in [-0.05, 0) is 25.3 Å². The number of unbranched alkanes of at least 4 members (excludes halogenated alkanes) is 6. The molecule has 21 heavy (non-hydrogen) atoms. The Morgan fingerprint density at radius 3 is 1.71 bits per heavy atom. The van der Waals surface area contributed by atoms with Crippen LogP contribution in [0.25, 0.3) is 0 Å². The largest absolute Gasteiger partial charge is 0.500 e. The van der Waals surface area contributed by atoms with Gasteiger partial charge < -0.3 is 13.3 Å². The molecule has 0 fully saturated rings. The highest BCUT2D eigenvalue weighted by atomic mass is 28.4. The lowest BCUT2D eigenvalue weighted by Crippen LogP contribution is -2.42. The summed E-state index contributed by atoms with van der Waals surface area (Å²) in [6.45, 7) is 5.45. The van der Waals surface area contributed by atoms with E-state index >= 15 is 0 Å². The van der Waals surface area contributed by atoms with Gasteiger partial charge in [-0.15, -0.1) is 0 Å². The van der Waals surface area contributed by atoms with E-state index in [0.29, 0.717) is 12.0 Å². The maximum absolute atomic E-state index is 11.4. The first-order valence-electron chi connectivity index (χ1n) is 7.85. The molecule has 0 amide bonds. The van der Waals surface area contributed by atoms with Crippen molar-refractivity contribution in [3.8, 4) is 0 Å². The number of carbonyl (C=O) groups is 1. The SMILES string of the molecule is C=C(C)C(=O)CCCCCCCCC[Si](OC)(OC)OC. The molecule has 0 N–H and O–H groups in total. The summed E-state index contributed by atoms with van der Waals surface area (Å²) in [5.41, 5.74) is 0.678. The first kappa shape index (κ1) is 20.5. The van der Waals surface area contributed by atoms with Gasteiger partial charge in [0.05, 0.1) is 0 Å². The number of hydrogen-bond donors (Lipinski definition) is 0. The zero-order valence-corrected chi connectivity index (χ0v) is 15.2. The Morgan fingerprint density at radius 1 is 0.857 bits per heavy atom. The Balaban J connectivity index is 3.48. The van der Waals surface area contributed by atoms with Crippen LogP contribution in [0.5, 0.6) is 0 Å². The maximum Gasteiger partial charge on any atom is 0.500 e. The lowest BCUT2D eigenvalue weighted by molar-refractivity contribution is -0.115. The van der Waals surface area contributed by atoms with E-state index in [-0.39, 0.29) is 5.78 Å². The molecule has 0 saturated carbocycles. The second-order valence-corrected chi connectivity index (χ2v) is 8.56. The van der Waals surface area contributed by atoms with Gasteiger partial charge in [0.2, 0.25) is 0 Å². The minimum atomic E-state index is -2.37. The highest BCUT2D eigenvalue weighted by molar-refractivity contribution is 6.60. The molecule has 0 rings (SSSR count). The van der Waals surface area contributed by atoms with E-state index in [4.69, 9.17) is 13.3 Å². The second-order valence-electron chi connectivity index (χ2n) is 5.47. The molecule has 0 saturated heterocycles. The molecule has 0 heterocycles. The van der Waals surface area contributed by atoms with Crippen LogP contribution in [0.15, 0.2) is 12.2 Å². The molecule has 0 aliphatic carbocycles. The van der Waals surface area contributed by atoms with Gasteiger partial charge in [-0.3, -0.25) is 4.79 Å². The van der Waals surface area contributed by atoms with E-state index in [1.807, 2.05) is 0 Å². The van der Waals surface area contributed by atoms with Crippen LogP contribution in [-0.2, 0) is 18.1 Å². The molecule has 0 aromatic carbocycles. The summed E-state index contributed by atoms with van der Waals surface area (Å²) in [4.78, 5) is 11.4. The van der Waals surface area contributed by atoms with Crippen LogP contribution in [0.1, 0.15) is 58.3 Å². The molecule has 0 aromatic heterocycles. The predicted molar refractivity (Wildman–Crippen MR) is 88.3 cm³/mol. The number of carbonyl (C=O) groups excluding carboxylic acids is 1. The second kappa shape index (κ2) is 12.1. The average molecular weight is 317 g/mol. The third-order valence-corrected chi connectivity index (χ3v) is 6.63. The summed E-state index contributed by atoms with van der Waals surface area (Å²) in [6.07, 6.45) is 8.67. The molecular weight excluding hydrogens is 284 g/mol. The van der Waals surface area contributed by atoms with Crippen molar-refractivity contribution in [1.29, 1.82) is 0 Å². The van der Waals surface area contributed by atoms with Gasteiger partial charge in [0, 0.05) is 33.8 Å². The molecular formula is C16H32O4Si. The van der Waals surface area contributed by atoms with E-state index in [1.54, 1.807) is 28.3 Å². The van der Waals surface area contributed by atoms with Gasteiger partial charge in [-0.25, -0.2) is 0 Å². The fourth-order valence-electron chi connectivity index (χ4n) is 2.28. The number of Topliss-reactive ketones (excluding diaryl/α,β-unsaturated/α-hetero) is 1.